The second-order valence-corrected chi connectivity index (χ2v) is 6.26. The van der Waals surface area contributed by atoms with Gasteiger partial charge in [-0.15, -0.1) is 0 Å². The van der Waals surface area contributed by atoms with Crippen LogP contribution >= 0.6 is 0 Å². The molecule has 0 fully saturated rings. The molecule has 2 aromatic carbocycles. The van der Waals surface area contributed by atoms with Crippen LogP contribution in [-0.2, 0) is 5.41 Å². The van der Waals surface area contributed by atoms with E-state index in [9.17, 15) is 0 Å². The van der Waals surface area contributed by atoms with E-state index >= 15 is 0 Å². The van der Waals surface area contributed by atoms with E-state index in [4.69, 9.17) is 0 Å². The average molecular weight is 241 g/mol. The van der Waals surface area contributed by atoms with Gasteiger partial charge in [-0.1, -0.05) is 45.0 Å². The van der Waals surface area contributed by atoms with Crippen molar-refractivity contribution in [1.29, 1.82) is 0 Å². The largest absolute Gasteiger partial charge is 0.377 e. The Morgan fingerprint density at radius 2 is 1.50 bits per heavy atom. The molecular formula is C17H23N. The molecule has 1 heteroatoms. The van der Waals surface area contributed by atoms with E-state index in [0.717, 1.165) is 0 Å². The van der Waals surface area contributed by atoms with Crippen LogP contribution in [0.5, 0.6) is 0 Å². The highest BCUT2D eigenvalue weighted by Crippen LogP contribution is 2.36. The molecule has 2 aromatic rings. The lowest BCUT2D eigenvalue weighted by molar-refractivity contribution is 0.587. The van der Waals surface area contributed by atoms with E-state index in [0.29, 0.717) is 0 Å². The van der Waals surface area contributed by atoms with Crippen molar-refractivity contribution in [3.8, 4) is 0 Å². The Kier molecular flexibility index (Phi) is 3.10. The molecule has 0 aromatic heterocycles. The van der Waals surface area contributed by atoms with E-state index in [1.165, 1.54) is 27.6 Å². The summed E-state index contributed by atoms with van der Waals surface area (Å²) in [6.45, 7) is 9.08. The first-order valence-electron chi connectivity index (χ1n) is 6.52. The summed E-state index contributed by atoms with van der Waals surface area (Å²) in [6.07, 6.45) is 0. The summed E-state index contributed by atoms with van der Waals surface area (Å²) in [6, 6.07) is 11.0. The zero-order valence-electron chi connectivity index (χ0n) is 12.3. The van der Waals surface area contributed by atoms with Crippen molar-refractivity contribution < 1.29 is 0 Å². The van der Waals surface area contributed by atoms with E-state index in [2.05, 4.69) is 77.0 Å². The van der Waals surface area contributed by atoms with Gasteiger partial charge >= 0.3 is 0 Å². The third-order valence-corrected chi connectivity index (χ3v) is 3.58. The van der Waals surface area contributed by atoms with Crippen molar-refractivity contribution in [2.45, 2.75) is 33.1 Å². The van der Waals surface area contributed by atoms with Crippen LogP contribution in [0, 0.1) is 6.92 Å². The molecule has 0 aliphatic carbocycles. The van der Waals surface area contributed by atoms with Crippen LogP contribution in [0.1, 0.15) is 31.9 Å². The van der Waals surface area contributed by atoms with Crippen LogP contribution in [0.15, 0.2) is 30.3 Å². The van der Waals surface area contributed by atoms with Gasteiger partial charge in [0.15, 0.2) is 0 Å². The third-order valence-electron chi connectivity index (χ3n) is 3.58. The van der Waals surface area contributed by atoms with Crippen LogP contribution in [0.2, 0.25) is 0 Å². The Balaban J connectivity index is 2.88. The summed E-state index contributed by atoms with van der Waals surface area (Å²) in [4.78, 5) is 2.21. The SMILES string of the molecule is Cc1c(C(C)(C)C)cc(N(C)C)c2ccccc12. The minimum atomic E-state index is 0.179. The first-order valence-corrected chi connectivity index (χ1v) is 6.52. The molecule has 2 rings (SSSR count). The molecule has 0 atom stereocenters. The van der Waals surface area contributed by atoms with Crippen LogP contribution in [0.3, 0.4) is 0 Å². The molecule has 1 nitrogen and oxygen atoms in total. The quantitative estimate of drug-likeness (QED) is 0.710. The van der Waals surface area contributed by atoms with Crippen LogP contribution in [0.25, 0.3) is 10.8 Å². The van der Waals surface area contributed by atoms with Gasteiger partial charge in [0.2, 0.25) is 0 Å². The molecule has 0 radical (unpaired) electrons. The van der Waals surface area contributed by atoms with Crippen molar-refractivity contribution in [2.75, 3.05) is 19.0 Å². The maximum atomic E-state index is 2.34. The fourth-order valence-electron chi connectivity index (χ4n) is 2.65. The highest BCUT2D eigenvalue weighted by molar-refractivity contribution is 5.97. The molecule has 0 aliphatic rings. The van der Waals surface area contributed by atoms with Gasteiger partial charge in [0, 0.05) is 25.2 Å². The Morgan fingerprint density at radius 3 is 2.00 bits per heavy atom. The fourth-order valence-corrected chi connectivity index (χ4v) is 2.65. The summed E-state index contributed by atoms with van der Waals surface area (Å²) in [5.41, 5.74) is 4.33. The maximum Gasteiger partial charge on any atom is 0.0443 e. The molecule has 0 aliphatic heterocycles. The van der Waals surface area contributed by atoms with Crippen molar-refractivity contribution in [1.82, 2.24) is 0 Å². The maximum absolute atomic E-state index is 2.34. The first kappa shape index (κ1) is 12.9. The molecule has 0 spiro atoms. The van der Waals surface area contributed by atoms with E-state index < -0.39 is 0 Å². The minimum Gasteiger partial charge on any atom is -0.377 e. The Bertz CT molecular complexity index is 574. The van der Waals surface area contributed by atoms with Gasteiger partial charge in [-0.2, -0.15) is 0 Å². The van der Waals surface area contributed by atoms with E-state index in [1.54, 1.807) is 0 Å². The highest BCUT2D eigenvalue weighted by atomic mass is 15.1. The summed E-state index contributed by atoms with van der Waals surface area (Å²) in [5, 5.41) is 2.71. The molecule has 0 heterocycles. The zero-order chi connectivity index (χ0) is 13.5. The first-order chi connectivity index (χ1) is 8.32. The van der Waals surface area contributed by atoms with Crippen LogP contribution in [0.4, 0.5) is 5.69 Å². The highest BCUT2D eigenvalue weighted by Gasteiger charge is 2.19. The lowest BCUT2D eigenvalue weighted by Crippen LogP contribution is -2.16. The Labute approximate surface area is 110 Å². The van der Waals surface area contributed by atoms with Gasteiger partial charge in [0.25, 0.3) is 0 Å². The number of benzene rings is 2. The van der Waals surface area contributed by atoms with Gasteiger partial charge < -0.3 is 4.90 Å². The number of anilines is 1. The zero-order valence-corrected chi connectivity index (χ0v) is 12.3. The number of nitrogens with zero attached hydrogens (tertiary/aromatic N) is 1. The van der Waals surface area contributed by atoms with Gasteiger partial charge in [0.1, 0.15) is 0 Å². The van der Waals surface area contributed by atoms with Crippen LogP contribution < -0.4 is 4.90 Å². The topological polar surface area (TPSA) is 3.24 Å². The molecular weight excluding hydrogens is 218 g/mol. The molecule has 18 heavy (non-hydrogen) atoms. The van der Waals surface area contributed by atoms with E-state index in [1.807, 2.05) is 0 Å². The summed E-state index contributed by atoms with van der Waals surface area (Å²) in [7, 11) is 4.23. The molecule has 0 amide bonds. The summed E-state index contributed by atoms with van der Waals surface area (Å²) >= 11 is 0. The third kappa shape index (κ3) is 2.10. The number of aryl methyl sites for hydroxylation is 1. The van der Waals surface area contributed by atoms with Gasteiger partial charge in [-0.3, -0.25) is 0 Å². The monoisotopic (exact) mass is 241 g/mol. The minimum absolute atomic E-state index is 0.179. The Hall–Kier alpha value is -1.50. The number of rotatable bonds is 1. The lowest BCUT2D eigenvalue weighted by atomic mass is 9.81. The van der Waals surface area contributed by atoms with Gasteiger partial charge in [-0.05, 0) is 34.9 Å². The van der Waals surface area contributed by atoms with Crippen LogP contribution in [-0.4, -0.2) is 14.1 Å². The van der Waals surface area contributed by atoms with Crippen molar-refractivity contribution in [3.63, 3.8) is 0 Å². The lowest BCUT2D eigenvalue weighted by Gasteiger charge is -2.26. The van der Waals surface area contributed by atoms with Gasteiger partial charge in [0.05, 0.1) is 0 Å². The van der Waals surface area contributed by atoms with Crippen molar-refractivity contribution in [3.05, 3.63) is 41.5 Å². The number of hydrogen-bond acceptors (Lipinski definition) is 1. The smallest absolute Gasteiger partial charge is 0.0443 e. The molecule has 96 valence electrons. The van der Waals surface area contributed by atoms with Crippen molar-refractivity contribution in [2.24, 2.45) is 0 Å². The predicted octanol–water partition coefficient (Wildman–Crippen LogP) is 4.51. The molecule has 0 saturated heterocycles. The van der Waals surface area contributed by atoms with E-state index in [-0.39, 0.29) is 5.41 Å². The predicted molar refractivity (Wildman–Crippen MR) is 81.7 cm³/mol. The Morgan fingerprint density at radius 1 is 0.944 bits per heavy atom. The molecule has 0 bridgehead atoms. The summed E-state index contributed by atoms with van der Waals surface area (Å²) < 4.78 is 0. The normalized spacial score (nSPS) is 11.9. The standard InChI is InChI=1S/C17H23N/c1-12-13-9-7-8-10-14(13)16(18(5)6)11-15(12)17(2,3)4/h7-11H,1-6H3. The second kappa shape index (κ2) is 4.31. The average Bonchev–Trinajstić information content (AvgIpc) is 2.27. The molecule has 0 saturated carbocycles. The fraction of sp³-hybridized carbons (Fsp3) is 0.412. The van der Waals surface area contributed by atoms with Gasteiger partial charge in [-0.25, -0.2) is 0 Å². The molecule has 0 N–H and O–H groups in total. The number of hydrogen-bond donors (Lipinski definition) is 0. The molecule has 0 unspecified atom stereocenters. The number of fused-ring (bicyclic) bond motifs is 1. The second-order valence-electron chi connectivity index (χ2n) is 6.26. The summed E-state index contributed by atoms with van der Waals surface area (Å²) in [5.74, 6) is 0. The van der Waals surface area contributed by atoms with Crippen molar-refractivity contribution >= 4 is 16.5 Å².